The van der Waals surface area contributed by atoms with Gasteiger partial charge in [-0.15, -0.1) is 11.3 Å². The lowest BCUT2D eigenvalue weighted by atomic mass is 9.95. The molecule has 0 radical (unpaired) electrons. The minimum atomic E-state index is -0.754. The van der Waals surface area contributed by atoms with Crippen LogP contribution in [-0.4, -0.2) is 5.11 Å². The third-order valence-electron chi connectivity index (χ3n) is 2.44. The van der Waals surface area contributed by atoms with Crippen molar-refractivity contribution in [3.63, 3.8) is 0 Å². The summed E-state index contributed by atoms with van der Waals surface area (Å²) in [4.78, 5) is 1.02. The molecule has 78 valence electrons. The molecule has 1 N–H and O–H groups in total. The first-order chi connectivity index (χ1) is 7.18. The number of hydrogen-bond acceptors (Lipinski definition) is 2. The van der Waals surface area contributed by atoms with Gasteiger partial charge in [-0.25, -0.2) is 0 Å². The highest BCUT2D eigenvalue weighted by Gasteiger charge is 2.24. The van der Waals surface area contributed by atoms with E-state index in [2.05, 4.69) is 0 Å². The summed E-state index contributed by atoms with van der Waals surface area (Å²) in [7, 11) is 0. The van der Waals surface area contributed by atoms with E-state index < -0.39 is 5.60 Å². The Bertz CT molecular complexity index is 403. The predicted molar refractivity (Wildman–Crippen MR) is 64.0 cm³/mol. The number of thiophene rings is 1. The van der Waals surface area contributed by atoms with Crippen LogP contribution in [0.5, 0.6) is 0 Å². The van der Waals surface area contributed by atoms with Crippen LogP contribution >= 0.6 is 11.3 Å². The maximum atomic E-state index is 10.3. The van der Waals surface area contributed by atoms with Crippen LogP contribution in [0.2, 0.25) is 0 Å². The number of aliphatic hydroxyl groups is 1. The van der Waals surface area contributed by atoms with Gasteiger partial charge < -0.3 is 5.11 Å². The van der Waals surface area contributed by atoms with Crippen molar-refractivity contribution < 1.29 is 5.11 Å². The molecule has 0 aliphatic rings. The summed E-state index contributed by atoms with van der Waals surface area (Å²) in [6.07, 6.45) is 0.661. The van der Waals surface area contributed by atoms with Crippen molar-refractivity contribution >= 4 is 11.3 Å². The molecule has 0 bridgehead atoms. The molecule has 0 saturated carbocycles. The summed E-state index contributed by atoms with van der Waals surface area (Å²) in [5, 5.41) is 12.3. The molecule has 0 unspecified atom stereocenters. The van der Waals surface area contributed by atoms with Crippen molar-refractivity contribution in [2.24, 2.45) is 0 Å². The van der Waals surface area contributed by atoms with Crippen LogP contribution in [0.15, 0.2) is 47.8 Å². The van der Waals surface area contributed by atoms with Gasteiger partial charge in [0.25, 0.3) is 0 Å². The molecule has 15 heavy (non-hydrogen) atoms. The SMILES string of the molecule is C[C@@](O)(Cc1ccccc1)c1cccs1. The van der Waals surface area contributed by atoms with Crippen molar-refractivity contribution in [2.75, 3.05) is 0 Å². The van der Waals surface area contributed by atoms with E-state index >= 15 is 0 Å². The van der Waals surface area contributed by atoms with Crippen molar-refractivity contribution in [2.45, 2.75) is 18.9 Å². The molecule has 1 atom stereocenters. The molecule has 1 heterocycles. The lowest BCUT2D eigenvalue weighted by Gasteiger charge is -2.21. The lowest BCUT2D eigenvalue weighted by Crippen LogP contribution is -2.22. The van der Waals surface area contributed by atoms with Crippen molar-refractivity contribution in [3.05, 3.63) is 58.3 Å². The second-order valence-corrected chi connectivity index (χ2v) is 4.86. The third kappa shape index (κ3) is 2.46. The highest BCUT2D eigenvalue weighted by molar-refractivity contribution is 7.10. The summed E-state index contributed by atoms with van der Waals surface area (Å²) >= 11 is 1.60. The topological polar surface area (TPSA) is 20.2 Å². The molecule has 2 heteroatoms. The van der Waals surface area contributed by atoms with Gasteiger partial charge in [0.05, 0.1) is 5.60 Å². The van der Waals surface area contributed by atoms with Gasteiger partial charge in [0.15, 0.2) is 0 Å². The van der Waals surface area contributed by atoms with Gasteiger partial charge in [-0.1, -0.05) is 36.4 Å². The van der Waals surface area contributed by atoms with E-state index in [1.807, 2.05) is 54.8 Å². The zero-order chi connectivity index (χ0) is 10.7. The highest BCUT2D eigenvalue weighted by Crippen LogP contribution is 2.28. The van der Waals surface area contributed by atoms with E-state index in [-0.39, 0.29) is 0 Å². The molecule has 0 fully saturated rings. The van der Waals surface area contributed by atoms with Crippen LogP contribution in [0.4, 0.5) is 0 Å². The molecular formula is C13H14OS. The second kappa shape index (κ2) is 4.17. The zero-order valence-corrected chi connectivity index (χ0v) is 9.50. The zero-order valence-electron chi connectivity index (χ0n) is 8.68. The first kappa shape index (κ1) is 10.4. The van der Waals surface area contributed by atoms with Crippen LogP contribution in [0.1, 0.15) is 17.4 Å². The Morgan fingerprint density at radius 3 is 2.47 bits per heavy atom. The van der Waals surface area contributed by atoms with Gasteiger partial charge in [-0.2, -0.15) is 0 Å². The van der Waals surface area contributed by atoms with E-state index in [0.29, 0.717) is 6.42 Å². The summed E-state index contributed by atoms with van der Waals surface area (Å²) in [6.45, 7) is 1.87. The second-order valence-electron chi connectivity index (χ2n) is 3.91. The Morgan fingerprint density at radius 1 is 1.13 bits per heavy atom. The fraction of sp³-hybridized carbons (Fsp3) is 0.231. The summed E-state index contributed by atoms with van der Waals surface area (Å²) in [5.74, 6) is 0. The molecule has 0 aliphatic heterocycles. The number of benzene rings is 1. The van der Waals surface area contributed by atoms with Crippen molar-refractivity contribution in [1.82, 2.24) is 0 Å². The maximum absolute atomic E-state index is 10.3. The predicted octanol–water partition coefficient (Wildman–Crippen LogP) is 3.20. The summed E-state index contributed by atoms with van der Waals surface area (Å²) in [6, 6.07) is 14.0. The highest BCUT2D eigenvalue weighted by atomic mass is 32.1. The van der Waals surface area contributed by atoms with Gasteiger partial charge in [0, 0.05) is 11.3 Å². The van der Waals surface area contributed by atoms with Crippen LogP contribution in [-0.2, 0) is 12.0 Å². The van der Waals surface area contributed by atoms with Crippen LogP contribution < -0.4 is 0 Å². The van der Waals surface area contributed by atoms with Gasteiger partial charge in [-0.05, 0) is 23.9 Å². The van der Waals surface area contributed by atoms with Crippen molar-refractivity contribution in [3.8, 4) is 0 Å². The van der Waals surface area contributed by atoms with Gasteiger partial charge >= 0.3 is 0 Å². The van der Waals surface area contributed by atoms with E-state index in [1.54, 1.807) is 11.3 Å². The summed E-state index contributed by atoms with van der Waals surface area (Å²) in [5.41, 5.74) is 0.408. The average Bonchev–Trinajstić information content (AvgIpc) is 2.71. The molecule has 0 aliphatic carbocycles. The molecular weight excluding hydrogens is 204 g/mol. The van der Waals surface area contributed by atoms with Gasteiger partial charge in [0.1, 0.15) is 0 Å². The van der Waals surface area contributed by atoms with Crippen LogP contribution in [0, 0.1) is 0 Å². The third-order valence-corrected chi connectivity index (χ3v) is 3.57. The monoisotopic (exact) mass is 218 g/mol. The fourth-order valence-corrected chi connectivity index (χ4v) is 2.45. The Hall–Kier alpha value is -1.12. The first-order valence-corrected chi connectivity index (χ1v) is 5.87. The Balaban J connectivity index is 2.18. The Labute approximate surface area is 94.0 Å². The molecule has 2 aromatic rings. The van der Waals surface area contributed by atoms with E-state index in [0.717, 1.165) is 10.4 Å². The molecule has 2 rings (SSSR count). The average molecular weight is 218 g/mol. The lowest BCUT2D eigenvalue weighted by molar-refractivity contribution is 0.0615. The molecule has 0 saturated heterocycles. The fourth-order valence-electron chi connectivity index (χ4n) is 1.67. The summed E-state index contributed by atoms with van der Waals surface area (Å²) < 4.78 is 0. The van der Waals surface area contributed by atoms with Crippen LogP contribution in [0.25, 0.3) is 0 Å². The maximum Gasteiger partial charge on any atom is 0.0999 e. The first-order valence-electron chi connectivity index (χ1n) is 4.99. The quantitative estimate of drug-likeness (QED) is 0.838. The van der Waals surface area contributed by atoms with E-state index in [4.69, 9.17) is 0 Å². The van der Waals surface area contributed by atoms with Gasteiger partial charge in [-0.3, -0.25) is 0 Å². The van der Waals surface area contributed by atoms with E-state index in [1.165, 1.54) is 0 Å². The normalized spacial score (nSPS) is 14.8. The Morgan fingerprint density at radius 2 is 1.87 bits per heavy atom. The van der Waals surface area contributed by atoms with Gasteiger partial charge in [0.2, 0.25) is 0 Å². The molecule has 1 aromatic heterocycles. The van der Waals surface area contributed by atoms with E-state index in [9.17, 15) is 5.11 Å². The molecule has 0 amide bonds. The van der Waals surface area contributed by atoms with Crippen LogP contribution in [0.3, 0.4) is 0 Å². The molecule has 1 nitrogen and oxygen atoms in total. The number of rotatable bonds is 3. The smallest absolute Gasteiger partial charge is 0.0999 e. The number of hydrogen-bond donors (Lipinski definition) is 1. The standard InChI is InChI=1S/C13H14OS/c1-13(14,12-8-5-9-15-12)10-11-6-3-2-4-7-11/h2-9,14H,10H2,1H3/t13-/m1/s1. The largest absolute Gasteiger partial charge is 0.384 e. The molecule has 1 aromatic carbocycles. The molecule has 0 spiro atoms. The minimum absolute atomic E-state index is 0.661. The van der Waals surface area contributed by atoms with Crippen molar-refractivity contribution in [1.29, 1.82) is 0 Å². The Kier molecular flexibility index (Phi) is 2.89. The minimum Gasteiger partial charge on any atom is -0.384 e.